The molecule has 0 radical (unpaired) electrons. The minimum absolute atomic E-state index is 0.277. The number of unbranched alkanes of at least 4 members (excludes halogenated alkanes) is 1. The van der Waals surface area contributed by atoms with Gasteiger partial charge in [0.1, 0.15) is 0 Å². The molecule has 1 N–H and O–H groups in total. The minimum atomic E-state index is -0.431. The lowest BCUT2D eigenvalue weighted by molar-refractivity contribution is -0.0993. The summed E-state index contributed by atoms with van der Waals surface area (Å²) in [4.78, 5) is 0. The van der Waals surface area contributed by atoms with Crippen LogP contribution in [0.25, 0.3) is 0 Å². The molecular formula is C18H36O. The molecule has 1 rings (SSSR count). The molecule has 19 heavy (non-hydrogen) atoms. The van der Waals surface area contributed by atoms with Gasteiger partial charge < -0.3 is 5.11 Å². The van der Waals surface area contributed by atoms with Gasteiger partial charge in [0.15, 0.2) is 0 Å². The second-order valence-corrected chi connectivity index (χ2v) is 8.70. The second-order valence-electron chi connectivity index (χ2n) is 8.70. The third-order valence-electron chi connectivity index (χ3n) is 4.78. The largest absolute Gasteiger partial charge is 0.390 e. The van der Waals surface area contributed by atoms with Crippen LogP contribution in [0.4, 0.5) is 0 Å². The quantitative estimate of drug-likeness (QED) is 0.668. The molecule has 1 aliphatic carbocycles. The van der Waals surface area contributed by atoms with E-state index in [1.807, 2.05) is 0 Å². The van der Waals surface area contributed by atoms with Gasteiger partial charge in [0.25, 0.3) is 0 Å². The zero-order valence-corrected chi connectivity index (χ0v) is 14.2. The molecule has 1 heteroatoms. The summed E-state index contributed by atoms with van der Waals surface area (Å²) >= 11 is 0. The van der Waals surface area contributed by atoms with Crippen LogP contribution in [-0.2, 0) is 0 Å². The van der Waals surface area contributed by atoms with Crippen LogP contribution in [0.15, 0.2) is 0 Å². The van der Waals surface area contributed by atoms with E-state index in [0.717, 1.165) is 19.3 Å². The van der Waals surface area contributed by atoms with Crippen molar-refractivity contribution in [3.05, 3.63) is 0 Å². The molecule has 1 nitrogen and oxygen atoms in total. The van der Waals surface area contributed by atoms with Crippen LogP contribution in [0.2, 0.25) is 0 Å². The van der Waals surface area contributed by atoms with E-state index in [-0.39, 0.29) is 10.8 Å². The highest BCUT2D eigenvalue weighted by Gasteiger charge is 2.46. The number of hydrogen-bond donors (Lipinski definition) is 1. The van der Waals surface area contributed by atoms with Gasteiger partial charge in [0.05, 0.1) is 5.60 Å². The molecule has 0 aromatic carbocycles. The second kappa shape index (κ2) is 6.16. The molecule has 0 saturated heterocycles. The van der Waals surface area contributed by atoms with Crippen LogP contribution in [0.5, 0.6) is 0 Å². The average molecular weight is 268 g/mol. The van der Waals surface area contributed by atoms with E-state index in [1.54, 1.807) is 0 Å². The summed E-state index contributed by atoms with van der Waals surface area (Å²) in [5.74, 6) is 0.703. The van der Waals surface area contributed by atoms with Crippen LogP contribution in [0.3, 0.4) is 0 Å². The Balaban J connectivity index is 2.72. The molecule has 1 aliphatic rings. The summed E-state index contributed by atoms with van der Waals surface area (Å²) in [6.45, 7) is 13.8. The Labute approximate surface area is 121 Å². The Hall–Kier alpha value is -0.0400. The lowest BCUT2D eigenvalue weighted by Gasteiger charge is -2.50. The van der Waals surface area contributed by atoms with Gasteiger partial charge in [-0.1, -0.05) is 67.2 Å². The first-order valence-electron chi connectivity index (χ1n) is 8.34. The maximum atomic E-state index is 11.1. The van der Waals surface area contributed by atoms with Crippen molar-refractivity contribution < 1.29 is 5.11 Å². The zero-order valence-electron chi connectivity index (χ0n) is 14.2. The van der Waals surface area contributed by atoms with Crippen LogP contribution >= 0.6 is 0 Å². The smallest absolute Gasteiger partial charge is 0.0660 e. The molecule has 1 unspecified atom stereocenters. The highest BCUT2D eigenvalue weighted by Crippen LogP contribution is 2.52. The molecule has 0 amide bonds. The van der Waals surface area contributed by atoms with E-state index in [9.17, 15) is 5.11 Å². The number of hydrogen-bond acceptors (Lipinski definition) is 1. The van der Waals surface area contributed by atoms with E-state index in [1.165, 1.54) is 32.1 Å². The van der Waals surface area contributed by atoms with Crippen molar-refractivity contribution in [3.8, 4) is 0 Å². The SMILES string of the molecule is CCCCC(CC)CC1(O)CC(C)(C)CC(C)(C)C1. The summed E-state index contributed by atoms with van der Waals surface area (Å²) in [5, 5.41) is 11.1. The van der Waals surface area contributed by atoms with Gasteiger partial charge in [-0.3, -0.25) is 0 Å². The third-order valence-corrected chi connectivity index (χ3v) is 4.78. The lowest BCUT2D eigenvalue weighted by Crippen LogP contribution is -2.47. The lowest BCUT2D eigenvalue weighted by atomic mass is 9.58. The molecule has 1 saturated carbocycles. The Morgan fingerprint density at radius 3 is 1.89 bits per heavy atom. The molecule has 0 spiro atoms. The molecule has 0 aliphatic heterocycles. The summed E-state index contributed by atoms with van der Waals surface area (Å²) in [6, 6.07) is 0. The molecule has 114 valence electrons. The molecule has 0 aromatic rings. The van der Waals surface area contributed by atoms with Crippen molar-refractivity contribution >= 4 is 0 Å². The summed E-state index contributed by atoms with van der Waals surface area (Å²) in [5.41, 5.74) is 0.124. The van der Waals surface area contributed by atoms with E-state index in [4.69, 9.17) is 0 Å². The van der Waals surface area contributed by atoms with Crippen LogP contribution in [0.1, 0.15) is 92.9 Å². The summed E-state index contributed by atoms with van der Waals surface area (Å²) < 4.78 is 0. The van der Waals surface area contributed by atoms with Crippen molar-refractivity contribution in [3.63, 3.8) is 0 Å². The fourth-order valence-corrected chi connectivity index (χ4v) is 4.89. The van der Waals surface area contributed by atoms with Crippen molar-refractivity contribution in [1.29, 1.82) is 0 Å². The predicted octanol–water partition coefficient (Wildman–Crippen LogP) is 5.56. The van der Waals surface area contributed by atoms with Gasteiger partial charge in [0.2, 0.25) is 0 Å². The Morgan fingerprint density at radius 2 is 1.47 bits per heavy atom. The number of aliphatic hydroxyl groups is 1. The van der Waals surface area contributed by atoms with Crippen LogP contribution < -0.4 is 0 Å². The van der Waals surface area contributed by atoms with E-state index >= 15 is 0 Å². The van der Waals surface area contributed by atoms with Gasteiger partial charge in [0, 0.05) is 0 Å². The highest BCUT2D eigenvalue weighted by molar-refractivity contribution is 4.98. The third kappa shape index (κ3) is 5.45. The van der Waals surface area contributed by atoms with Gasteiger partial charge in [-0.15, -0.1) is 0 Å². The Kier molecular flexibility index (Phi) is 5.52. The predicted molar refractivity (Wildman–Crippen MR) is 84.3 cm³/mol. The molecule has 0 bridgehead atoms. The first-order chi connectivity index (χ1) is 8.61. The zero-order chi connectivity index (χ0) is 14.7. The van der Waals surface area contributed by atoms with E-state index < -0.39 is 5.60 Å². The minimum Gasteiger partial charge on any atom is -0.390 e. The standard InChI is InChI=1S/C18H36O/c1-7-9-10-15(8-2)11-18(19)13-16(3,4)12-17(5,6)14-18/h15,19H,7-14H2,1-6H3. The Morgan fingerprint density at radius 1 is 0.947 bits per heavy atom. The fraction of sp³-hybridized carbons (Fsp3) is 1.00. The van der Waals surface area contributed by atoms with Gasteiger partial charge in [-0.25, -0.2) is 0 Å². The summed E-state index contributed by atoms with van der Waals surface area (Å²) in [7, 11) is 0. The van der Waals surface area contributed by atoms with E-state index in [2.05, 4.69) is 41.5 Å². The highest BCUT2D eigenvalue weighted by atomic mass is 16.3. The van der Waals surface area contributed by atoms with E-state index in [0.29, 0.717) is 5.92 Å². The maximum Gasteiger partial charge on any atom is 0.0660 e. The molecule has 1 fully saturated rings. The first-order valence-corrected chi connectivity index (χ1v) is 8.34. The van der Waals surface area contributed by atoms with Crippen LogP contribution in [-0.4, -0.2) is 10.7 Å². The van der Waals surface area contributed by atoms with Gasteiger partial charge in [-0.05, 0) is 42.4 Å². The number of rotatable bonds is 6. The van der Waals surface area contributed by atoms with Crippen molar-refractivity contribution in [2.45, 2.75) is 98.5 Å². The normalized spacial score (nSPS) is 26.1. The summed E-state index contributed by atoms with van der Waals surface area (Å²) in [6.07, 6.45) is 9.27. The van der Waals surface area contributed by atoms with Crippen molar-refractivity contribution in [2.75, 3.05) is 0 Å². The maximum absolute atomic E-state index is 11.1. The van der Waals surface area contributed by atoms with Crippen molar-refractivity contribution in [2.24, 2.45) is 16.7 Å². The Bertz CT molecular complexity index is 261. The monoisotopic (exact) mass is 268 g/mol. The van der Waals surface area contributed by atoms with Crippen LogP contribution in [0, 0.1) is 16.7 Å². The fourth-order valence-electron chi connectivity index (χ4n) is 4.89. The molecule has 0 heterocycles. The average Bonchev–Trinajstić information content (AvgIpc) is 2.18. The molecular weight excluding hydrogens is 232 g/mol. The van der Waals surface area contributed by atoms with Gasteiger partial charge >= 0.3 is 0 Å². The molecule has 0 aromatic heterocycles. The van der Waals surface area contributed by atoms with Gasteiger partial charge in [-0.2, -0.15) is 0 Å². The molecule has 1 atom stereocenters. The first kappa shape index (κ1) is 17.0. The van der Waals surface area contributed by atoms with Crippen molar-refractivity contribution in [1.82, 2.24) is 0 Å². The topological polar surface area (TPSA) is 20.2 Å².